The Kier molecular flexibility index (Phi) is 6.61. The molecule has 1 N–H and O–H groups in total. The molecule has 1 aromatic carbocycles. The van der Waals surface area contributed by atoms with Crippen LogP contribution in [0.2, 0.25) is 10.0 Å². The van der Waals surface area contributed by atoms with Crippen LogP contribution in [-0.4, -0.2) is 42.1 Å². The van der Waals surface area contributed by atoms with Gasteiger partial charge in [0.25, 0.3) is 0 Å². The van der Waals surface area contributed by atoms with Gasteiger partial charge in [-0.15, -0.1) is 0 Å². The molecule has 0 aliphatic carbocycles. The number of aromatic nitrogens is 1. The van der Waals surface area contributed by atoms with E-state index in [4.69, 9.17) is 28.5 Å². The maximum atomic E-state index is 12.5. The second kappa shape index (κ2) is 9.13. The smallest absolute Gasteiger partial charge is 0.317 e. The molecule has 2 heterocycles. The molecular weight excluding hydrogens is 397 g/mol. The topological polar surface area (TPSA) is 72.3 Å². The normalized spacial score (nSPS) is 14.4. The molecule has 0 radical (unpaired) electrons. The molecule has 1 aliphatic rings. The maximum absolute atomic E-state index is 12.5. The van der Waals surface area contributed by atoms with Gasteiger partial charge < -0.3 is 15.1 Å². The molecule has 1 saturated heterocycles. The van der Waals surface area contributed by atoms with Crippen LogP contribution in [-0.2, 0) is 6.54 Å². The zero-order valence-electron chi connectivity index (χ0n) is 15.5. The summed E-state index contributed by atoms with van der Waals surface area (Å²) in [6, 6.07) is 11.0. The van der Waals surface area contributed by atoms with E-state index in [0.29, 0.717) is 22.2 Å². The van der Waals surface area contributed by atoms with E-state index in [2.05, 4.69) is 21.3 Å². The van der Waals surface area contributed by atoms with Crippen LogP contribution in [0.1, 0.15) is 24.0 Å². The van der Waals surface area contributed by atoms with Gasteiger partial charge in [-0.3, -0.25) is 0 Å². The van der Waals surface area contributed by atoms with Crippen molar-refractivity contribution in [1.29, 1.82) is 5.26 Å². The number of benzene rings is 1. The van der Waals surface area contributed by atoms with Gasteiger partial charge in [-0.2, -0.15) is 5.26 Å². The molecule has 1 aliphatic heterocycles. The number of hydrogen-bond acceptors (Lipinski definition) is 4. The van der Waals surface area contributed by atoms with Gasteiger partial charge in [-0.1, -0.05) is 23.2 Å². The number of pyridine rings is 1. The molecule has 0 atom stereocenters. The second-order valence-electron chi connectivity index (χ2n) is 6.86. The number of carbonyl (C=O) groups is 1. The van der Waals surface area contributed by atoms with E-state index in [1.165, 1.54) is 0 Å². The van der Waals surface area contributed by atoms with Gasteiger partial charge in [0.2, 0.25) is 0 Å². The van der Waals surface area contributed by atoms with Crippen molar-refractivity contribution >= 4 is 35.1 Å². The Bertz CT molecular complexity index is 853. The van der Waals surface area contributed by atoms with Crippen molar-refractivity contribution in [2.24, 2.45) is 0 Å². The van der Waals surface area contributed by atoms with Crippen molar-refractivity contribution in [2.75, 3.05) is 25.0 Å². The fourth-order valence-corrected chi connectivity index (χ4v) is 3.80. The minimum atomic E-state index is -0.119. The van der Waals surface area contributed by atoms with Crippen molar-refractivity contribution in [3.05, 3.63) is 57.7 Å². The number of hydrogen-bond donors (Lipinski definition) is 1. The highest BCUT2D eigenvalue weighted by atomic mass is 35.5. The number of nitrogens with zero attached hydrogens (tertiary/aromatic N) is 4. The molecule has 2 amide bonds. The average molecular weight is 418 g/mol. The van der Waals surface area contributed by atoms with E-state index in [1.807, 2.05) is 6.07 Å². The molecule has 28 heavy (non-hydrogen) atoms. The Morgan fingerprint density at radius 3 is 2.54 bits per heavy atom. The van der Waals surface area contributed by atoms with Crippen LogP contribution in [0, 0.1) is 11.3 Å². The van der Waals surface area contributed by atoms with Gasteiger partial charge in [-0.25, -0.2) is 9.78 Å². The van der Waals surface area contributed by atoms with E-state index < -0.39 is 0 Å². The standard InChI is InChI=1S/C20H21Cl2N5O/c1-26(13-15-8-16(21)10-17(22)9-15)20(28)25-18-4-6-27(7-5-18)19-3-2-14(11-23)12-24-19/h2-3,8-10,12,18H,4-7,13H2,1H3,(H,25,28). The quantitative estimate of drug-likeness (QED) is 0.813. The summed E-state index contributed by atoms with van der Waals surface area (Å²) in [6.45, 7) is 2.04. The Morgan fingerprint density at radius 1 is 1.29 bits per heavy atom. The highest BCUT2D eigenvalue weighted by Gasteiger charge is 2.22. The van der Waals surface area contributed by atoms with Crippen LogP contribution in [0.3, 0.4) is 0 Å². The number of halogens is 2. The summed E-state index contributed by atoms with van der Waals surface area (Å²) in [4.78, 5) is 20.6. The average Bonchev–Trinajstić information content (AvgIpc) is 2.68. The predicted octanol–water partition coefficient (Wildman–Crippen LogP) is 4.07. The number of nitriles is 1. The number of urea groups is 1. The summed E-state index contributed by atoms with van der Waals surface area (Å²) in [5.41, 5.74) is 1.44. The number of nitrogens with one attached hydrogen (secondary N) is 1. The van der Waals surface area contributed by atoms with Crippen LogP contribution < -0.4 is 10.2 Å². The van der Waals surface area contributed by atoms with Gasteiger partial charge in [0.15, 0.2) is 0 Å². The highest BCUT2D eigenvalue weighted by Crippen LogP contribution is 2.21. The third-order valence-corrected chi connectivity index (χ3v) is 5.15. The highest BCUT2D eigenvalue weighted by molar-refractivity contribution is 6.34. The maximum Gasteiger partial charge on any atom is 0.317 e. The van der Waals surface area contributed by atoms with Crippen LogP contribution in [0.25, 0.3) is 0 Å². The zero-order valence-corrected chi connectivity index (χ0v) is 17.0. The van der Waals surface area contributed by atoms with Crippen LogP contribution >= 0.6 is 23.2 Å². The monoisotopic (exact) mass is 417 g/mol. The second-order valence-corrected chi connectivity index (χ2v) is 7.73. The molecule has 146 valence electrons. The summed E-state index contributed by atoms with van der Waals surface area (Å²) < 4.78 is 0. The SMILES string of the molecule is CN(Cc1cc(Cl)cc(Cl)c1)C(=O)NC1CCN(c2ccc(C#N)cn2)CC1. The molecule has 0 unspecified atom stereocenters. The summed E-state index contributed by atoms with van der Waals surface area (Å²) >= 11 is 12.0. The van der Waals surface area contributed by atoms with Gasteiger partial charge in [0.1, 0.15) is 11.9 Å². The summed E-state index contributed by atoms with van der Waals surface area (Å²) in [6.07, 6.45) is 3.26. The first-order valence-corrected chi connectivity index (χ1v) is 9.78. The minimum Gasteiger partial charge on any atom is -0.356 e. The molecule has 8 heteroatoms. The van der Waals surface area contributed by atoms with E-state index >= 15 is 0 Å². The van der Waals surface area contributed by atoms with Gasteiger partial charge in [0.05, 0.1) is 5.56 Å². The van der Waals surface area contributed by atoms with Gasteiger partial charge in [-0.05, 0) is 48.7 Å². The number of piperidine rings is 1. The largest absolute Gasteiger partial charge is 0.356 e. The first-order chi connectivity index (χ1) is 13.4. The fraction of sp³-hybridized carbons (Fsp3) is 0.350. The van der Waals surface area contributed by atoms with Crippen molar-refractivity contribution in [3.8, 4) is 6.07 Å². The lowest BCUT2D eigenvalue weighted by atomic mass is 10.1. The van der Waals surface area contributed by atoms with Crippen LogP contribution in [0.5, 0.6) is 0 Å². The van der Waals surface area contributed by atoms with Crippen molar-refractivity contribution < 1.29 is 4.79 Å². The van der Waals surface area contributed by atoms with E-state index in [9.17, 15) is 4.79 Å². The van der Waals surface area contributed by atoms with Crippen molar-refractivity contribution in [2.45, 2.75) is 25.4 Å². The Labute approximate surface area is 174 Å². The Hall–Kier alpha value is -2.49. The lowest BCUT2D eigenvalue weighted by Gasteiger charge is -2.34. The molecule has 0 bridgehead atoms. The lowest BCUT2D eigenvalue weighted by Crippen LogP contribution is -2.48. The van der Waals surface area contributed by atoms with Gasteiger partial charge >= 0.3 is 6.03 Å². The Balaban J connectivity index is 1.49. The third kappa shape index (κ3) is 5.28. The van der Waals surface area contributed by atoms with Crippen molar-refractivity contribution in [3.63, 3.8) is 0 Å². The molecule has 6 nitrogen and oxygen atoms in total. The third-order valence-electron chi connectivity index (χ3n) is 4.71. The fourth-order valence-electron chi connectivity index (χ4n) is 3.22. The molecule has 1 fully saturated rings. The molecule has 2 aromatic rings. The Morgan fingerprint density at radius 2 is 1.96 bits per heavy atom. The van der Waals surface area contributed by atoms with E-state index in [-0.39, 0.29) is 12.1 Å². The number of anilines is 1. The first-order valence-electron chi connectivity index (χ1n) is 9.02. The number of rotatable bonds is 4. The zero-order chi connectivity index (χ0) is 20.1. The van der Waals surface area contributed by atoms with Crippen LogP contribution in [0.15, 0.2) is 36.5 Å². The lowest BCUT2D eigenvalue weighted by molar-refractivity contribution is 0.200. The first kappa shape index (κ1) is 20.2. The summed E-state index contributed by atoms with van der Waals surface area (Å²) in [5.74, 6) is 0.860. The number of carbonyl (C=O) groups excluding carboxylic acids is 1. The molecule has 3 rings (SSSR count). The minimum absolute atomic E-state index is 0.118. The number of amides is 2. The van der Waals surface area contributed by atoms with Gasteiger partial charge in [0, 0.05) is 49.0 Å². The molecular formula is C20H21Cl2N5O. The van der Waals surface area contributed by atoms with E-state index in [0.717, 1.165) is 37.3 Å². The summed E-state index contributed by atoms with van der Waals surface area (Å²) in [7, 11) is 1.75. The molecule has 0 spiro atoms. The molecule has 1 aromatic heterocycles. The summed E-state index contributed by atoms with van der Waals surface area (Å²) in [5, 5.41) is 13.1. The van der Waals surface area contributed by atoms with Crippen molar-refractivity contribution in [1.82, 2.24) is 15.2 Å². The predicted molar refractivity (Wildman–Crippen MR) is 111 cm³/mol. The van der Waals surface area contributed by atoms with E-state index in [1.54, 1.807) is 42.4 Å². The molecule has 0 saturated carbocycles. The van der Waals surface area contributed by atoms with Crippen LogP contribution in [0.4, 0.5) is 10.6 Å².